The summed E-state index contributed by atoms with van der Waals surface area (Å²) in [6.45, 7) is 6.31. The van der Waals surface area contributed by atoms with Crippen molar-refractivity contribution in [1.29, 1.82) is 0 Å². The van der Waals surface area contributed by atoms with E-state index in [9.17, 15) is 4.79 Å². The molecule has 4 heteroatoms. The second kappa shape index (κ2) is 9.76. The molecule has 0 N–H and O–H groups in total. The van der Waals surface area contributed by atoms with Crippen LogP contribution in [0.1, 0.15) is 57.3 Å². The number of unbranched alkanes of at least 4 members (excludes halogenated alkanes) is 1. The maximum atomic E-state index is 12.4. The number of ketones is 1. The maximum absolute atomic E-state index is 12.4. The van der Waals surface area contributed by atoms with Crippen molar-refractivity contribution in [2.45, 2.75) is 51.7 Å². The third-order valence-corrected chi connectivity index (χ3v) is 5.52. The van der Waals surface area contributed by atoms with Crippen molar-refractivity contribution in [2.75, 3.05) is 5.75 Å². The van der Waals surface area contributed by atoms with Gasteiger partial charge in [-0.3, -0.25) is 4.79 Å². The molecule has 0 amide bonds. The van der Waals surface area contributed by atoms with Crippen LogP contribution in [0.3, 0.4) is 0 Å². The molecule has 1 aromatic carbocycles. The highest BCUT2D eigenvalue weighted by atomic mass is 35.5. The molecule has 0 fully saturated rings. The maximum Gasteiger partial charge on any atom is 0.137 e. The minimum Gasteiger partial charge on any atom is -0.299 e. The summed E-state index contributed by atoms with van der Waals surface area (Å²) in [5.74, 6) is 1.47. The van der Waals surface area contributed by atoms with Gasteiger partial charge in [-0.25, -0.2) is 0 Å². The van der Waals surface area contributed by atoms with Crippen LogP contribution in [0, 0.1) is 5.92 Å². The number of hydrogen-bond acceptors (Lipinski definition) is 2. The number of Topliss-reactive ketones (excluding diaryl/α,β-unsaturated/α-hetero) is 1. The number of benzene rings is 1. The van der Waals surface area contributed by atoms with Gasteiger partial charge in [-0.1, -0.05) is 62.9 Å². The number of halogens is 2. The molecule has 1 rings (SSSR count). The summed E-state index contributed by atoms with van der Waals surface area (Å²) in [7, 11) is 0. The molecule has 1 aromatic rings. The van der Waals surface area contributed by atoms with Crippen LogP contribution in [-0.2, 0) is 4.79 Å². The van der Waals surface area contributed by atoms with Crippen molar-refractivity contribution >= 4 is 40.7 Å². The van der Waals surface area contributed by atoms with E-state index < -0.39 is 0 Å². The van der Waals surface area contributed by atoms with Gasteiger partial charge in [-0.15, -0.1) is 0 Å². The molecule has 0 aliphatic heterocycles. The quantitative estimate of drug-likeness (QED) is 0.502. The van der Waals surface area contributed by atoms with Gasteiger partial charge in [-0.2, -0.15) is 11.8 Å². The molecular weight excluding hydrogens is 323 g/mol. The lowest BCUT2D eigenvalue weighted by atomic mass is 9.95. The van der Waals surface area contributed by atoms with Crippen molar-refractivity contribution in [1.82, 2.24) is 0 Å². The molecule has 21 heavy (non-hydrogen) atoms. The smallest absolute Gasteiger partial charge is 0.137 e. The molecule has 2 atom stereocenters. The number of thioether (sulfide) groups is 1. The zero-order chi connectivity index (χ0) is 15.8. The number of rotatable bonds is 9. The molecule has 0 saturated carbocycles. The Morgan fingerprint density at radius 3 is 2.52 bits per heavy atom. The van der Waals surface area contributed by atoms with E-state index in [-0.39, 0.29) is 11.2 Å². The first kappa shape index (κ1) is 18.9. The number of carbonyl (C=O) groups excluding carboxylic acids is 1. The molecule has 1 nitrogen and oxygen atoms in total. The lowest BCUT2D eigenvalue weighted by Crippen LogP contribution is -2.14. The van der Waals surface area contributed by atoms with Crippen LogP contribution in [0.5, 0.6) is 0 Å². The fourth-order valence-electron chi connectivity index (χ4n) is 2.24. The molecular formula is C17H24Cl2OS. The number of carbonyl (C=O) groups is 1. The monoisotopic (exact) mass is 346 g/mol. The van der Waals surface area contributed by atoms with Gasteiger partial charge in [0.2, 0.25) is 0 Å². The summed E-state index contributed by atoms with van der Waals surface area (Å²) in [4.78, 5) is 12.4. The average Bonchev–Trinajstić information content (AvgIpc) is 2.47. The van der Waals surface area contributed by atoms with Gasteiger partial charge in [0.15, 0.2) is 0 Å². The first-order chi connectivity index (χ1) is 9.99. The second-order valence-corrected chi connectivity index (χ2v) is 7.63. The molecule has 0 bridgehead atoms. The van der Waals surface area contributed by atoms with E-state index in [2.05, 4.69) is 13.8 Å². The fourth-order valence-corrected chi connectivity index (χ4v) is 3.57. The van der Waals surface area contributed by atoms with E-state index in [0.717, 1.165) is 30.6 Å². The van der Waals surface area contributed by atoms with Crippen molar-refractivity contribution in [3.63, 3.8) is 0 Å². The predicted molar refractivity (Wildman–Crippen MR) is 95.6 cm³/mol. The molecule has 0 aliphatic carbocycles. The summed E-state index contributed by atoms with van der Waals surface area (Å²) in [6.07, 6.45) is 3.81. The lowest BCUT2D eigenvalue weighted by molar-refractivity contribution is -0.122. The second-order valence-electron chi connectivity index (χ2n) is 5.33. The Kier molecular flexibility index (Phi) is 8.77. The van der Waals surface area contributed by atoms with Crippen molar-refractivity contribution in [2.24, 2.45) is 5.92 Å². The van der Waals surface area contributed by atoms with Gasteiger partial charge >= 0.3 is 0 Å². The topological polar surface area (TPSA) is 17.1 Å². The van der Waals surface area contributed by atoms with Gasteiger partial charge in [0, 0.05) is 17.6 Å². The van der Waals surface area contributed by atoms with Crippen LogP contribution in [0.15, 0.2) is 18.2 Å². The zero-order valence-corrected chi connectivity index (χ0v) is 15.3. The van der Waals surface area contributed by atoms with Crippen LogP contribution < -0.4 is 0 Å². The Bertz CT molecular complexity index is 462. The van der Waals surface area contributed by atoms with Crippen LogP contribution in [0.2, 0.25) is 10.0 Å². The largest absolute Gasteiger partial charge is 0.299 e. The SMILES string of the molecule is CCCC[C@@H](C)C(=O)C[C@H](SCC)c1ccc(Cl)c(Cl)c1. The Morgan fingerprint density at radius 1 is 1.24 bits per heavy atom. The highest BCUT2D eigenvalue weighted by molar-refractivity contribution is 7.99. The predicted octanol–water partition coefficient (Wildman–Crippen LogP) is 6.57. The van der Waals surface area contributed by atoms with Crippen molar-refractivity contribution in [3.8, 4) is 0 Å². The van der Waals surface area contributed by atoms with Gasteiger partial charge in [0.05, 0.1) is 10.0 Å². The van der Waals surface area contributed by atoms with Crippen LogP contribution in [-0.4, -0.2) is 11.5 Å². The molecule has 0 spiro atoms. The van der Waals surface area contributed by atoms with Crippen LogP contribution >= 0.6 is 35.0 Å². The Labute approximate surface area is 142 Å². The summed E-state index contributed by atoms with van der Waals surface area (Å²) in [6, 6.07) is 5.68. The van der Waals surface area contributed by atoms with Gasteiger partial charge in [0.1, 0.15) is 5.78 Å². The zero-order valence-electron chi connectivity index (χ0n) is 13.0. The highest BCUT2D eigenvalue weighted by Crippen LogP contribution is 2.36. The molecule has 0 aliphatic rings. The van der Waals surface area contributed by atoms with Crippen molar-refractivity contribution < 1.29 is 4.79 Å². The summed E-state index contributed by atoms with van der Waals surface area (Å²) in [5, 5.41) is 1.28. The van der Waals surface area contributed by atoms with E-state index in [0.29, 0.717) is 22.2 Å². The van der Waals surface area contributed by atoms with E-state index in [1.54, 1.807) is 11.8 Å². The minimum atomic E-state index is 0.146. The third-order valence-electron chi connectivity index (χ3n) is 3.61. The van der Waals surface area contributed by atoms with Gasteiger partial charge in [0.25, 0.3) is 0 Å². The van der Waals surface area contributed by atoms with Crippen molar-refractivity contribution in [3.05, 3.63) is 33.8 Å². The summed E-state index contributed by atoms with van der Waals surface area (Å²) < 4.78 is 0. The normalized spacial score (nSPS) is 14.0. The average molecular weight is 347 g/mol. The first-order valence-electron chi connectivity index (χ1n) is 7.58. The Morgan fingerprint density at radius 2 is 1.95 bits per heavy atom. The van der Waals surface area contributed by atoms with Gasteiger partial charge < -0.3 is 0 Å². The van der Waals surface area contributed by atoms with Crippen LogP contribution in [0.25, 0.3) is 0 Å². The van der Waals surface area contributed by atoms with E-state index >= 15 is 0 Å². The summed E-state index contributed by atoms with van der Waals surface area (Å²) >= 11 is 13.9. The first-order valence-corrected chi connectivity index (χ1v) is 9.39. The highest BCUT2D eigenvalue weighted by Gasteiger charge is 2.20. The van der Waals surface area contributed by atoms with Gasteiger partial charge in [-0.05, 0) is 29.9 Å². The molecule has 0 radical (unpaired) electrons. The third kappa shape index (κ3) is 6.22. The van der Waals surface area contributed by atoms with E-state index in [4.69, 9.17) is 23.2 Å². The molecule has 118 valence electrons. The standard InChI is InChI=1S/C17H24Cl2OS/c1-4-6-7-12(3)16(20)11-17(21-5-2)13-8-9-14(18)15(19)10-13/h8-10,12,17H,4-7,11H2,1-3H3/t12-,17+/m1/s1. The van der Waals surface area contributed by atoms with Crippen LogP contribution in [0.4, 0.5) is 0 Å². The molecule has 0 aromatic heterocycles. The minimum absolute atomic E-state index is 0.146. The molecule has 0 heterocycles. The van der Waals surface area contributed by atoms with E-state index in [1.807, 2.05) is 25.1 Å². The number of hydrogen-bond donors (Lipinski definition) is 0. The van der Waals surface area contributed by atoms with E-state index in [1.165, 1.54) is 0 Å². The molecule has 0 saturated heterocycles. The Hall–Kier alpha value is -0.180. The summed E-state index contributed by atoms with van der Waals surface area (Å²) in [5.41, 5.74) is 1.09. The molecule has 0 unspecified atom stereocenters. The Balaban J connectivity index is 2.77. The lowest BCUT2D eigenvalue weighted by Gasteiger charge is -2.18. The fraction of sp³-hybridized carbons (Fsp3) is 0.588.